The molecule has 0 saturated heterocycles. The minimum absolute atomic E-state index is 0.0512. The Morgan fingerprint density at radius 3 is 2.90 bits per heavy atom. The molecule has 0 atom stereocenters. The highest BCUT2D eigenvalue weighted by atomic mass is 32.1. The molecule has 0 bridgehead atoms. The first kappa shape index (κ1) is 7.37. The number of carbonyl (C=O) groups excluding carboxylic acids is 1. The summed E-state index contributed by atoms with van der Waals surface area (Å²) in [6.45, 7) is 1.36. The van der Waals surface area contributed by atoms with Crippen molar-refractivity contribution in [2.45, 2.75) is 13.5 Å². The van der Waals surface area contributed by atoms with Crippen LogP contribution in [-0.2, 0) is 6.61 Å². The summed E-state index contributed by atoms with van der Waals surface area (Å²) in [7, 11) is 0. The molecule has 3 nitrogen and oxygen atoms in total. The van der Waals surface area contributed by atoms with E-state index < -0.39 is 0 Å². The van der Waals surface area contributed by atoms with Crippen LogP contribution in [0.5, 0.6) is 0 Å². The lowest BCUT2D eigenvalue weighted by Crippen LogP contribution is -1.91. The maximum atomic E-state index is 10.6. The Morgan fingerprint density at radius 1 is 1.90 bits per heavy atom. The van der Waals surface area contributed by atoms with Gasteiger partial charge >= 0.3 is 0 Å². The van der Waals surface area contributed by atoms with Crippen LogP contribution < -0.4 is 0 Å². The molecule has 0 aliphatic heterocycles. The number of nitrogens with zero attached hydrogens (tertiary/aromatic N) is 1. The molecule has 1 aromatic heterocycles. The van der Waals surface area contributed by atoms with E-state index >= 15 is 0 Å². The molecule has 1 N–H and O–H groups in total. The molecule has 1 aromatic rings. The topological polar surface area (TPSA) is 50.2 Å². The van der Waals surface area contributed by atoms with E-state index in [-0.39, 0.29) is 12.4 Å². The Kier molecular flexibility index (Phi) is 2.13. The van der Waals surface area contributed by atoms with Crippen LogP contribution in [0, 0.1) is 0 Å². The second kappa shape index (κ2) is 2.90. The maximum Gasteiger partial charge on any atom is 0.188 e. The van der Waals surface area contributed by atoms with Gasteiger partial charge in [0.05, 0.1) is 12.3 Å². The number of aliphatic hydroxyl groups excluding tert-OH is 1. The largest absolute Gasteiger partial charge is 0.390 e. The number of ketones is 1. The number of hydrogen-bond acceptors (Lipinski definition) is 4. The number of aromatic nitrogens is 1. The molecule has 0 radical (unpaired) electrons. The van der Waals surface area contributed by atoms with Gasteiger partial charge in [-0.15, -0.1) is 11.3 Å². The zero-order valence-electron chi connectivity index (χ0n) is 5.50. The van der Waals surface area contributed by atoms with Crippen LogP contribution >= 0.6 is 11.3 Å². The predicted molar refractivity (Wildman–Crippen MR) is 38.0 cm³/mol. The van der Waals surface area contributed by atoms with Crippen molar-refractivity contribution in [2.24, 2.45) is 0 Å². The van der Waals surface area contributed by atoms with E-state index in [1.165, 1.54) is 18.3 Å². The number of thiazole rings is 1. The molecule has 0 spiro atoms. The van der Waals surface area contributed by atoms with Crippen molar-refractivity contribution in [1.29, 1.82) is 0 Å². The van der Waals surface area contributed by atoms with Gasteiger partial charge in [0.15, 0.2) is 10.8 Å². The Labute approximate surface area is 62.3 Å². The second-order valence-corrected chi connectivity index (χ2v) is 2.72. The first-order valence-corrected chi connectivity index (χ1v) is 3.68. The summed E-state index contributed by atoms with van der Waals surface area (Å²) in [4.78, 5) is 14.5. The zero-order chi connectivity index (χ0) is 7.56. The van der Waals surface area contributed by atoms with Crippen molar-refractivity contribution < 1.29 is 9.90 Å². The van der Waals surface area contributed by atoms with Gasteiger partial charge in [-0.1, -0.05) is 0 Å². The molecule has 0 unspecified atom stereocenters. The fraction of sp³-hybridized carbons (Fsp3) is 0.333. The van der Waals surface area contributed by atoms with Crippen molar-refractivity contribution in [3.05, 3.63) is 16.1 Å². The predicted octanol–water partition coefficient (Wildman–Crippen LogP) is 0.838. The Morgan fingerprint density at radius 2 is 2.60 bits per heavy atom. The summed E-state index contributed by atoms with van der Waals surface area (Å²) in [5, 5.41) is 10.7. The molecule has 0 aliphatic rings. The van der Waals surface area contributed by atoms with Crippen LogP contribution in [0.3, 0.4) is 0 Å². The average Bonchev–Trinajstić information content (AvgIpc) is 2.34. The highest BCUT2D eigenvalue weighted by Gasteiger charge is 2.03. The third-order valence-corrected chi connectivity index (χ3v) is 2.01. The summed E-state index contributed by atoms with van der Waals surface area (Å²) in [6, 6.07) is 0. The molecule has 0 aliphatic carbocycles. The number of hydrogen-bond donors (Lipinski definition) is 1. The fourth-order valence-electron chi connectivity index (χ4n) is 0.541. The Bertz CT molecular complexity index is 244. The fourth-order valence-corrected chi connectivity index (χ4v) is 1.25. The zero-order valence-corrected chi connectivity index (χ0v) is 6.31. The lowest BCUT2D eigenvalue weighted by Gasteiger charge is -1.83. The van der Waals surface area contributed by atoms with E-state index in [4.69, 9.17) is 5.11 Å². The van der Waals surface area contributed by atoms with E-state index in [0.29, 0.717) is 10.7 Å². The second-order valence-electron chi connectivity index (χ2n) is 1.86. The van der Waals surface area contributed by atoms with E-state index in [2.05, 4.69) is 4.98 Å². The van der Waals surface area contributed by atoms with Gasteiger partial charge in [-0.25, -0.2) is 4.98 Å². The number of rotatable bonds is 2. The summed E-state index contributed by atoms with van der Waals surface area (Å²) in [5.74, 6) is -0.0512. The standard InChI is InChI=1S/C6H7NO2S/c1-4(9)6-7-5(2-8)3-10-6/h3,8H,2H2,1H3. The van der Waals surface area contributed by atoms with Gasteiger partial charge < -0.3 is 5.11 Å². The van der Waals surface area contributed by atoms with Crippen LogP contribution in [0.2, 0.25) is 0 Å². The number of Topliss-reactive ketones (excluding diaryl/α,β-unsaturated/α-hetero) is 1. The van der Waals surface area contributed by atoms with Gasteiger partial charge in [0.25, 0.3) is 0 Å². The molecule has 1 heterocycles. The summed E-state index contributed by atoms with van der Waals surface area (Å²) in [5.41, 5.74) is 0.565. The van der Waals surface area contributed by atoms with Crippen LogP contribution in [-0.4, -0.2) is 15.9 Å². The molecule has 0 amide bonds. The number of carbonyl (C=O) groups is 1. The molecule has 10 heavy (non-hydrogen) atoms. The number of aliphatic hydroxyl groups is 1. The molecule has 1 rings (SSSR count). The normalized spacial score (nSPS) is 9.80. The van der Waals surface area contributed by atoms with Crippen molar-refractivity contribution in [2.75, 3.05) is 0 Å². The van der Waals surface area contributed by atoms with E-state index in [1.807, 2.05) is 0 Å². The molecule has 4 heteroatoms. The molecule has 54 valence electrons. The van der Waals surface area contributed by atoms with E-state index in [1.54, 1.807) is 5.38 Å². The third kappa shape index (κ3) is 1.40. The average molecular weight is 157 g/mol. The highest BCUT2D eigenvalue weighted by molar-refractivity contribution is 7.11. The van der Waals surface area contributed by atoms with Gasteiger partial charge in [-0.3, -0.25) is 4.79 Å². The summed E-state index contributed by atoms with van der Waals surface area (Å²) < 4.78 is 0. The Balaban J connectivity index is 2.88. The van der Waals surface area contributed by atoms with Crippen molar-refractivity contribution in [1.82, 2.24) is 4.98 Å². The molecule has 0 saturated carbocycles. The summed E-state index contributed by atoms with van der Waals surface area (Å²) >= 11 is 1.26. The lowest BCUT2D eigenvalue weighted by molar-refractivity contribution is 0.101. The first-order chi connectivity index (χ1) is 4.74. The monoisotopic (exact) mass is 157 g/mol. The minimum atomic E-state index is -0.0935. The Hall–Kier alpha value is -0.740. The SMILES string of the molecule is CC(=O)c1nc(CO)cs1. The van der Waals surface area contributed by atoms with Crippen molar-refractivity contribution in [3.63, 3.8) is 0 Å². The van der Waals surface area contributed by atoms with E-state index in [0.717, 1.165) is 0 Å². The van der Waals surface area contributed by atoms with Crippen LogP contribution in [0.4, 0.5) is 0 Å². The molecular formula is C6H7NO2S. The summed E-state index contributed by atoms with van der Waals surface area (Å²) in [6.07, 6.45) is 0. The maximum absolute atomic E-state index is 10.6. The van der Waals surface area contributed by atoms with Gasteiger partial charge in [-0.05, 0) is 0 Å². The first-order valence-electron chi connectivity index (χ1n) is 2.80. The van der Waals surface area contributed by atoms with Gasteiger partial charge in [0, 0.05) is 12.3 Å². The molecular weight excluding hydrogens is 150 g/mol. The van der Waals surface area contributed by atoms with Crippen molar-refractivity contribution in [3.8, 4) is 0 Å². The van der Waals surface area contributed by atoms with Crippen LogP contribution in [0.1, 0.15) is 22.4 Å². The highest BCUT2D eigenvalue weighted by Crippen LogP contribution is 2.09. The van der Waals surface area contributed by atoms with Crippen LogP contribution in [0.25, 0.3) is 0 Å². The van der Waals surface area contributed by atoms with Crippen molar-refractivity contribution >= 4 is 17.1 Å². The molecule has 0 fully saturated rings. The van der Waals surface area contributed by atoms with Crippen LogP contribution in [0.15, 0.2) is 5.38 Å². The molecule has 0 aromatic carbocycles. The van der Waals surface area contributed by atoms with Gasteiger partial charge in [-0.2, -0.15) is 0 Å². The van der Waals surface area contributed by atoms with Gasteiger partial charge in [0.1, 0.15) is 0 Å². The van der Waals surface area contributed by atoms with E-state index in [9.17, 15) is 4.79 Å². The third-order valence-electron chi connectivity index (χ3n) is 1.01. The smallest absolute Gasteiger partial charge is 0.188 e. The van der Waals surface area contributed by atoms with Gasteiger partial charge in [0.2, 0.25) is 0 Å². The minimum Gasteiger partial charge on any atom is -0.390 e. The quantitative estimate of drug-likeness (QED) is 0.647. The lowest BCUT2D eigenvalue weighted by atomic mass is 10.5.